The third-order valence-corrected chi connectivity index (χ3v) is 3.52. The zero-order chi connectivity index (χ0) is 12.7. The maximum Gasteiger partial charge on any atom is 0.232 e. The van der Waals surface area contributed by atoms with Crippen molar-refractivity contribution in [3.63, 3.8) is 0 Å². The molecule has 2 fully saturated rings. The molecule has 0 aromatic carbocycles. The number of hydrogen-bond acceptors (Lipinski definition) is 4. The molecule has 0 spiro atoms. The lowest BCUT2D eigenvalue weighted by molar-refractivity contribution is -0.138. The Kier molecular flexibility index (Phi) is 2.73. The molecule has 2 saturated heterocycles. The topological polar surface area (TPSA) is 74.8 Å². The van der Waals surface area contributed by atoms with Crippen LogP contribution in [0.3, 0.4) is 0 Å². The van der Waals surface area contributed by atoms with Gasteiger partial charge in [0.05, 0.1) is 0 Å². The first-order valence-electron chi connectivity index (χ1n) is 5.52. The average Bonchev–Trinajstić information content (AvgIpc) is 2.66. The summed E-state index contributed by atoms with van der Waals surface area (Å²) in [6, 6.07) is 0. The zero-order valence-electron chi connectivity index (χ0n) is 9.80. The van der Waals surface area contributed by atoms with Gasteiger partial charge in [0.2, 0.25) is 23.6 Å². The average molecular weight is 238 g/mol. The van der Waals surface area contributed by atoms with Gasteiger partial charge in [-0.3, -0.25) is 29.0 Å². The molecule has 4 amide bonds. The molecule has 6 heteroatoms. The van der Waals surface area contributed by atoms with Crippen molar-refractivity contribution in [3.05, 3.63) is 0 Å². The van der Waals surface area contributed by atoms with Crippen LogP contribution in [0.2, 0.25) is 0 Å². The molecule has 0 radical (unpaired) electrons. The Labute approximate surface area is 98.5 Å². The highest BCUT2D eigenvalue weighted by Gasteiger charge is 2.42. The fourth-order valence-corrected chi connectivity index (χ4v) is 2.38. The molecule has 17 heavy (non-hydrogen) atoms. The lowest BCUT2D eigenvalue weighted by atomic mass is 9.92. The first-order chi connectivity index (χ1) is 7.91. The molecular formula is C11H14N2O4. The Morgan fingerprint density at radius 2 is 1.24 bits per heavy atom. The number of likely N-dealkylation sites (tertiary alicyclic amines) is 2. The van der Waals surface area contributed by atoms with E-state index in [9.17, 15) is 19.2 Å². The number of hydrogen-bond donors (Lipinski definition) is 0. The van der Waals surface area contributed by atoms with E-state index in [1.165, 1.54) is 14.1 Å². The lowest BCUT2D eigenvalue weighted by Gasteiger charge is -2.12. The zero-order valence-corrected chi connectivity index (χ0v) is 9.80. The largest absolute Gasteiger partial charge is 0.285 e. The van der Waals surface area contributed by atoms with Crippen LogP contribution >= 0.6 is 0 Å². The van der Waals surface area contributed by atoms with Crippen LogP contribution in [0.25, 0.3) is 0 Å². The van der Waals surface area contributed by atoms with Gasteiger partial charge in [-0.1, -0.05) is 0 Å². The predicted molar refractivity (Wildman–Crippen MR) is 56.4 cm³/mol. The molecule has 2 aliphatic rings. The Balaban J connectivity index is 2.04. The van der Waals surface area contributed by atoms with Crippen LogP contribution in [0.1, 0.15) is 19.3 Å². The van der Waals surface area contributed by atoms with Gasteiger partial charge in [-0.15, -0.1) is 0 Å². The van der Waals surface area contributed by atoms with Crippen LogP contribution < -0.4 is 0 Å². The molecular weight excluding hydrogens is 224 g/mol. The molecule has 2 unspecified atom stereocenters. The van der Waals surface area contributed by atoms with Crippen LogP contribution in [0.4, 0.5) is 0 Å². The second-order valence-corrected chi connectivity index (χ2v) is 4.62. The summed E-state index contributed by atoms with van der Waals surface area (Å²) < 4.78 is 0. The summed E-state index contributed by atoms with van der Waals surface area (Å²) in [6.07, 6.45) is 0.595. The van der Waals surface area contributed by atoms with E-state index in [4.69, 9.17) is 0 Å². The molecule has 2 atom stereocenters. The SMILES string of the molecule is CN1C(=O)CC(CC2CC(=O)N(C)C2=O)C1=O. The monoisotopic (exact) mass is 238 g/mol. The van der Waals surface area contributed by atoms with Crippen molar-refractivity contribution in [2.75, 3.05) is 14.1 Å². The Morgan fingerprint density at radius 1 is 0.882 bits per heavy atom. The fourth-order valence-electron chi connectivity index (χ4n) is 2.38. The molecule has 2 heterocycles. The van der Waals surface area contributed by atoms with Crippen molar-refractivity contribution < 1.29 is 19.2 Å². The maximum atomic E-state index is 11.7. The van der Waals surface area contributed by atoms with Crippen molar-refractivity contribution in [1.82, 2.24) is 9.80 Å². The quantitative estimate of drug-likeness (QED) is 0.601. The van der Waals surface area contributed by atoms with E-state index in [-0.39, 0.29) is 36.5 Å². The summed E-state index contributed by atoms with van der Waals surface area (Å²) >= 11 is 0. The van der Waals surface area contributed by atoms with Gasteiger partial charge >= 0.3 is 0 Å². The van der Waals surface area contributed by atoms with Gasteiger partial charge in [-0.05, 0) is 6.42 Å². The van der Waals surface area contributed by atoms with Crippen molar-refractivity contribution in [1.29, 1.82) is 0 Å². The summed E-state index contributed by atoms with van der Waals surface area (Å²) in [4.78, 5) is 48.2. The van der Waals surface area contributed by atoms with Crippen LogP contribution in [0.5, 0.6) is 0 Å². The number of nitrogens with zero attached hydrogens (tertiary/aromatic N) is 2. The second-order valence-electron chi connectivity index (χ2n) is 4.62. The molecule has 0 aromatic rings. The molecule has 0 N–H and O–H groups in total. The molecule has 0 aliphatic carbocycles. The third kappa shape index (κ3) is 1.83. The fraction of sp³-hybridized carbons (Fsp3) is 0.636. The first-order valence-corrected chi connectivity index (χ1v) is 5.52. The van der Waals surface area contributed by atoms with Crippen LogP contribution in [-0.4, -0.2) is 47.5 Å². The van der Waals surface area contributed by atoms with E-state index in [2.05, 4.69) is 0 Å². The van der Waals surface area contributed by atoms with Crippen LogP contribution in [0, 0.1) is 11.8 Å². The molecule has 6 nitrogen and oxygen atoms in total. The summed E-state index contributed by atoms with van der Waals surface area (Å²) in [5, 5.41) is 0. The number of rotatable bonds is 2. The van der Waals surface area contributed by atoms with Gasteiger partial charge in [0.1, 0.15) is 0 Å². The van der Waals surface area contributed by atoms with Gasteiger partial charge in [-0.25, -0.2) is 0 Å². The van der Waals surface area contributed by atoms with E-state index in [1.807, 2.05) is 0 Å². The van der Waals surface area contributed by atoms with Gasteiger partial charge < -0.3 is 0 Å². The van der Waals surface area contributed by atoms with E-state index in [0.717, 1.165) is 9.80 Å². The van der Waals surface area contributed by atoms with Crippen LogP contribution in [0.15, 0.2) is 0 Å². The second kappa shape index (κ2) is 3.94. The van der Waals surface area contributed by atoms with Crippen LogP contribution in [-0.2, 0) is 19.2 Å². The highest BCUT2D eigenvalue weighted by Crippen LogP contribution is 2.30. The number of carbonyl (C=O) groups excluding carboxylic acids is 4. The van der Waals surface area contributed by atoms with Gasteiger partial charge in [0, 0.05) is 38.8 Å². The minimum absolute atomic E-state index is 0.150. The number of imide groups is 2. The molecule has 92 valence electrons. The lowest BCUT2D eigenvalue weighted by Crippen LogP contribution is -2.28. The van der Waals surface area contributed by atoms with E-state index < -0.39 is 11.8 Å². The summed E-state index contributed by atoms with van der Waals surface area (Å²) in [5.74, 6) is -1.81. The van der Waals surface area contributed by atoms with Crippen molar-refractivity contribution in [2.24, 2.45) is 11.8 Å². The summed E-state index contributed by atoms with van der Waals surface area (Å²) in [5.41, 5.74) is 0. The normalized spacial score (nSPS) is 29.8. The van der Waals surface area contributed by atoms with Crippen molar-refractivity contribution in [3.8, 4) is 0 Å². The number of amides is 4. The molecule has 0 aromatic heterocycles. The smallest absolute Gasteiger partial charge is 0.232 e. The Hall–Kier alpha value is -1.72. The Morgan fingerprint density at radius 3 is 1.47 bits per heavy atom. The predicted octanol–water partition coefficient (Wildman–Crippen LogP) is -0.614. The molecule has 2 aliphatic heterocycles. The summed E-state index contributed by atoms with van der Waals surface area (Å²) in [7, 11) is 2.89. The minimum Gasteiger partial charge on any atom is -0.285 e. The highest BCUT2D eigenvalue weighted by molar-refractivity contribution is 6.05. The molecule has 2 rings (SSSR count). The minimum atomic E-state index is -0.444. The van der Waals surface area contributed by atoms with E-state index in [1.54, 1.807) is 0 Å². The summed E-state index contributed by atoms with van der Waals surface area (Å²) in [6.45, 7) is 0. The highest BCUT2D eigenvalue weighted by atomic mass is 16.2. The molecule has 0 bridgehead atoms. The maximum absolute atomic E-state index is 11.7. The standard InChI is InChI=1S/C11H14N2O4/c1-12-8(14)4-6(10(12)16)3-7-5-9(15)13(2)11(7)17/h6-7H,3-5H2,1-2H3. The van der Waals surface area contributed by atoms with Gasteiger partial charge in [0.15, 0.2) is 0 Å². The van der Waals surface area contributed by atoms with E-state index >= 15 is 0 Å². The number of carbonyl (C=O) groups is 4. The Bertz CT molecular complexity index is 380. The molecule has 0 saturated carbocycles. The van der Waals surface area contributed by atoms with Gasteiger partial charge in [0.25, 0.3) is 0 Å². The van der Waals surface area contributed by atoms with Crippen molar-refractivity contribution in [2.45, 2.75) is 19.3 Å². The van der Waals surface area contributed by atoms with Gasteiger partial charge in [-0.2, -0.15) is 0 Å². The van der Waals surface area contributed by atoms with Crippen molar-refractivity contribution >= 4 is 23.6 Å². The first kappa shape index (κ1) is 11.8. The van der Waals surface area contributed by atoms with E-state index in [0.29, 0.717) is 6.42 Å². The third-order valence-electron chi connectivity index (χ3n) is 3.52.